The molecule has 2 rings (SSSR count). The molecule has 1 heterocycles. The number of halogens is 1. The fraction of sp³-hybridized carbons (Fsp3) is 0.429. The molecule has 3 nitrogen and oxygen atoms in total. The van der Waals surface area contributed by atoms with Crippen LogP contribution >= 0.6 is 11.6 Å². The Morgan fingerprint density at radius 1 is 1.44 bits per heavy atom. The molecule has 1 aliphatic heterocycles. The summed E-state index contributed by atoms with van der Waals surface area (Å²) in [4.78, 5) is 11.9. The van der Waals surface area contributed by atoms with Crippen LogP contribution in [0.4, 0.5) is 5.69 Å². The van der Waals surface area contributed by atoms with Gasteiger partial charge in [0.1, 0.15) is 0 Å². The lowest BCUT2D eigenvalue weighted by atomic mass is 10.1. The highest BCUT2D eigenvalue weighted by atomic mass is 35.5. The van der Waals surface area contributed by atoms with E-state index in [-0.39, 0.29) is 5.91 Å². The standard InChI is InChI=1S/C14H17ClN2O/c1-9(2)6-11-7-14(18)17(16-11)12-5-4-10(3)13(15)8-12/h4-5,8-9H,6-7H2,1-3H3. The zero-order chi connectivity index (χ0) is 13.3. The summed E-state index contributed by atoms with van der Waals surface area (Å²) in [6.07, 6.45) is 1.28. The number of hydrogen-bond donors (Lipinski definition) is 0. The highest BCUT2D eigenvalue weighted by Crippen LogP contribution is 2.27. The molecule has 0 aromatic heterocycles. The van der Waals surface area contributed by atoms with Crippen LogP contribution in [0.5, 0.6) is 0 Å². The van der Waals surface area contributed by atoms with Crippen molar-refractivity contribution >= 4 is 28.9 Å². The molecule has 18 heavy (non-hydrogen) atoms. The Balaban J connectivity index is 2.24. The van der Waals surface area contributed by atoms with E-state index in [1.54, 1.807) is 6.07 Å². The van der Waals surface area contributed by atoms with E-state index in [2.05, 4.69) is 18.9 Å². The molecule has 0 saturated heterocycles. The summed E-state index contributed by atoms with van der Waals surface area (Å²) in [6.45, 7) is 6.18. The monoisotopic (exact) mass is 264 g/mol. The number of hydrogen-bond acceptors (Lipinski definition) is 2. The van der Waals surface area contributed by atoms with E-state index in [0.29, 0.717) is 17.4 Å². The number of carbonyl (C=O) groups is 1. The molecule has 0 saturated carbocycles. The minimum atomic E-state index is 0.0190. The lowest BCUT2D eigenvalue weighted by Crippen LogP contribution is -2.19. The van der Waals surface area contributed by atoms with Gasteiger partial charge in [0.25, 0.3) is 5.91 Å². The van der Waals surface area contributed by atoms with Gasteiger partial charge in [-0.05, 0) is 37.0 Å². The highest BCUT2D eigenvalue weighted by Gasteiger charge is 2.25. The molecule has 0 atom stereocenters. The van der Waals surface area contributed by atoms with E-state index in [1.165, 1.54) is 5.01 Å². The molecule has 0 bridgehead atoms. The summed E-state index contributed by atoms with van der Waals surface area (Å²) in [5.74, 6) is 0.531. The molecule has 96 valence electrons. The summed E-state index contributed by atoms with van der Waals surface area (Å²) in [7, 11) is 0. The predicted molar refractivity (Wildman–Crippen MR) is 75.2 cm³/mol. The number of amides is 1. The fourth-order valence-corrected chi connectivity index (χ4v) is 2.16. The van der Waals surface area contributed by atoms with Crippen LogP contribution in [0.3, 0.4) is 0 Å². The second-order valence-electron chi connectivity index (χ2n) is 5.08. The molecule has 0 fully saturated rings. The van der Waals surface area contributed by atoms with Crippen molar-refractivity contribution in [1.29, 1.82) is 0 Å². The number of benzene rings is 1. The smallest absolute Gasteiger partial charge is 0.253 e. The van der Waals surface area contributed by atoms with Crippen LogP contribution in [0.15, 0.2) is 23.3 Å². The zero-order valence-electron chi connectivity index (χ0n) is 10.9. The number of aryl methyl sites for hydroxylation is 1. The quantitative estimate of drug-likeness (QED) is 0.818. The average molecular weight is 265 g/mol. The lowest BCUT2D eigenvalue weighted by molar-refractivity contribution is -0.116. The number of rotatable bonds is 3. The number of anilines is 1. The molecule has 0 aliphatic carbocycles. The molecule has 1 amide bonds. The Morgan fingerprint density at radius 2 is 2.17 bits per heavy atom. The largest absolute Gasteiger partial charge is 0.272 e. The molecule has 0 spiro atoms. The first-order valence-corrected chi connectivity index (χ1v) is 6.50. The van der Waals surface area contributed by atoms with Gasteiger partial charge in [0, 0.05) is 10.7 Å². The predicted octanol–water partition coefficient (Wildman–Crippen LogP) is 3.79. The Labute approximate surface area is 112 Å². The maximum Gasteiger partial charge on any atom is 0.253 e. The third-order valence-corrected chi connectivity index (χ3v) is 3.28. The van der Waals surface area contributed by atoms with Gasteiger partial charge in [-0.15, -0.1) is 0 Å². The van der Waals surface area contributed by atoms with Gasteiger partial charge >= 0.3 is 0 Å². The molecule has 1 aliphatic rings. The van der Waals surface area contributed by atoms with Crippen LogP contribution in [0.1, 0.15) is 32.3 Å². The Kier molecular flexibility index (Phi) is 3.71. The average Bonchev–Trinajstić information content (AvgIpc) is 2.62. The van der Waals surface area contributed by atoms with Crippen molar-refractivity contribution in [3.05, 3.63) is 28.8 Å². The van der Waals surface area contributed by atoms with Crippen LogP contribution in [-0.4, -0.2) is 11.6 Å². The Hall–Kier alpha value is -1.35. The third kappa shape index (κ3) is 2.72. The molecule has 0 unspecified atom stereocenters. The molecule has 1 aromatic carbocycles. The maximum atomic E-state index is 11.9. The summed E-state index contributed by atoms with van der Waals surface area (Å²) in [6, 6.07) is 5.57. The minimum absolute atomic E-state index is 0.0190. The van der Waals surface area contributed by atoms with E-state index in [1.807, 2.05) is 19.1 Å². The minimum Gasteiger partial charge on any atom is -0.272 e. The summed E-state index contributed by atoms with van der Waals surface area (Å²) < 4.78 is 0. The van der Waals surface area contributed by atoms with E-state index in [0.717, 1.165) is 23.4 Å². The van der Waals surface area contributed by atoms with E-state index >= 15 is 0 Å². The molecular weight excluding hydrogens is 248 g/mol. The molecule has 1 aromatic rings. The third-order valence-electron chi connectivity index (χ3n) is 2.88. The Morgan fingerprint density at radius 3 is 2.78 bits per heavy atom. The second-order valence-corrected chi connectivity index (χ2v) is 5.49. The SMILES string of the molecule is Cc1ccc(N2N=C(CC(C)C)CC2=O)cc1Cl. The van der Waals surface area contributed by atoms with Gasteiger partial charge in [0.05, 0.1) is 12.1 Å². The van der Waals surface area contributed by atoms with Gasteiger partial charge in [-0.25, -0.2) is 5.01 Å². The summed E-state index contributed by atoms with van der Waals surface area (Å²) >= 11 is 6.07. The van der Waals surface area contributed by atoms with Gasteiger partial charge in [-0.3, -0.25) is 4.79 Å². The number of hydrazone groups is 1. The molecular formula is C14H17ClN2O. The van der Waals surface area contributed by atoms with Gasteiger partial charge < -0.3 is 0 Å². The van der Waals surface area contributed by atoms with E-state index in [9.17, 15) is 4.79 Å². The first kappa shape index (κ1) is 13.1. The Bertz CT molecular complexity index is 509. The van der Waals surface area contributed by atoms with Crippen LogP contribution in [0.25, 0.3) is 0 Å². The van der Waals surface area contributed by atoms with Crippen molar-refractivity contribution < 1.29 is 4.79 Å². The first-order chi connectivity index (χ1) is 8.47. The van der Waals surface area contributed by atoms with Crippen molar-refractivity contribution in [2.45, 2.75) is 33.6 Å². The van der Waals surface area contributed by atoms with Crippen LogP contribution in [0, 0.1) is 12.8 Å². The summed E-state index contributed by atoms with van der Waals surface area (Å²) in [5, 5.41) is 6.51. The van der Waals surface area contributed by atoms with Crippen molar-refractivity contribution in [3.63, 3.8) is 0 Å². The van der Waals surface area contributed by atoms with Crippen molar-refractivity contribution in [2.75, 3.05) is 5.01 Å². The van der Waals surface area contributed by atoms with E-state index < -0.39 is 0 Å². The van der Waals surface area contributed by atoms with Crippen molar-refractivity contribution in [1.82, 2.24) is 0 Å². The van der Waals surface area contributed by atoms with Gasteiger partial charge in [0.15, 0.2) is 0 Å². The fourth-order valence-electron chi connectivity index (χ4n) is 1.98. The molecule has 0 N–H and O–H groups in total. The highest BCUT2D eigenvalue weighted by molar-refractivity contribution is 6.31. The topological polar surface area (TPSA) is 32.7 Å². The van der Waals surface area contributed by atoms with Crippen molar-refractivity contribution in [2.24, 2.45) is 11.0 Å². The lowest BCUT2D eigenvalue weighted by Gasteiger charge is -2.12. The maximum absolute atomic E-state index is 11.9. The van der Waals surface area contributed by atoms with Crippen molar-refractivity contribution in [3.8, 4) is 0 Å². The van der Waals surface area contributed by atoms with Gasteiger partial charge in [0.2, 0.25) is 0 Å². The van der Waals surface area contributed by atoms with Crippen LogP contribution < -0.4 is 5.01 Å². The molecule has 0 radical (unpaired) electrons. The number of nitrogens with zero attached hydrogens (tertiary/aromatic N) is 2. The van der Waals surface area contributed by atoms with E-state index in [4.69, 9.17) is 11.6 Å². The van der Waals surface area contributed by atoms with Crippen LogP contribution in [-0.2, 0) is 4.79 Å². The number of carbonyl (C=O) groups excluding carboxylic acids is 1. The normalized spacial score (nSPS) is 15.5. The second kappa shape index (κ2) is 5.11. The zero-order valence-corrected chi connectivity index (χ0v) is 11.7. The molecule has 4 heteroatoms. The van der Waals surface area contributed by atoms with Gasteiger partial charge in [-0.2, -0.15) is 5.10 Å². The van der Waals surface area contributed by atoms with Crippen LogP contribution in [0.2, 0.25) is 5.02 Å². The van der Waals surface area contributed by atoms with Gasteiger partial charge in [-0.1, -0.05) is 31.5 Å². The summed E-state index contributed by atoms with van der Waals surface area (Å²) in [5.41, 5.74) is 2.69. The first-order valence-electron chi connectivity index (χ1n) is 6.13.